The molecular weight excluding hydrogens is 386 g/mol. The van der Waals surface area contributed by atoms with Crippen LogP contribution in [0.3, 0.4) is 0 Å². The van der Waals surface area contributed by atoms with Gasteiger partial charge >= 0.3 is 12.1 Å². The number of aliphatic hydroxyl groups is 1. The average molecular weight is 415 g/mol. The van der Waals surface area contributed by atoms with Gasteiger partial charge in [-0.15, -0.1) is 0 Å². The first-order chi connectivity index (χ1) is 14.1. The van der Waals surface area contributed by atoms with Crippen molar-refractivity contribution in [1.29, 1.82) is 0 Å². The van der Waals surface area contributed by atoms with Gasteiger partial charge in [0.05, 0.1) is 26.2 Å². The maximum Gasteiger partial charge on any atom is 0.410 e. The molecule has 162 valence electrons. The molecule has 1 amide bonds. The minimum atomic E-state index is -0.899. The zero-order valence-electron chi connectivity index (χ0n) is 18.0. The van der Waals surface area contributed by atoms with Crippen LogP contribution < -0.4 is 9.47 Å². The van der Waals surface area contributed by atoms with Crippen LogP contribution in [0.5, 0.6) is 11.5 Å². The van der Waals surface area contributed by atoms with Crippen LogP contribution in [-0.4, -0.2) is 48.4 Å². The topological polar surface area (TPSA) is 85.3 Å². The number of amides is 1. The summed E-state index contributed by atoms with van der Waals surface area (Å²) in [6.07, 6.45) is -1.30. The van der Waals surface area contributed by atoms with Gasteiger partial charge in [-0.25, -0.2) is 4.79 Å². The van der Waals surface area contributed by atoms with E-state index in [2.05, 4.69) is 0 Å². The molecule has 7 heteroatoms. The van der Waals surface area contributed by atoms with Crippen molar-refractivity contribution in [1.82, 2.24) is 4.90 Å². The smallest absolute Gasteiger partial charge is 0.410 e. The molecule has 7 nitrogen and oxygen atoms in total. The summed E-state index contributed by atoms with van der Waals surface area (Å²) >= 11 is 0. The molecule has 0 aliphatic carbocycles. The fourth-order valence-electron chi connectivity index (χ4n) is 2.65. The van der Waals surface area contributed by atoms with E-state index in [0.29, 0.717) is 17.1 Å². The van der Waals surface area contributed by atoms with Crippen LogP contribution in [0.1, 0.15) is 38.0 Å². The van der Waals surface area contributed by atoms with E-state index >= 15 is 0 Å². The summed E-state index contributed by atoms with van der Waals surface area (Å²) < 4.78 is 15.8. The molecule has 2 aromatic rings. The van der Waals surface area contributed by atoms with Crippen molar-refractivity contribution in [3.8, 4) is 11.5 Å². The maximum absolute atomic E-state index is 12.2. The Hall–Kier alpha value is -3.06. The highest BCUT2D eigenvalue weighted by molar-refractivity contribution is 5.75. The molecular formula is C23H29NO6. The van der Waals surface area contributed by atoms with Crippen molar-refractivity contribution in [2.24, 2.45) is 0 Å². The Morgan fingerprint density at radius 1 is 1.07 bits per heavy atom. The molecule has 0 aromatic heterocycles. The molecule has 0 aliphatic heterocycles. The van der Waals surface area contributed by atoms with Gasteiger partial charge in [-0.3, -0.25) is 4.79 Å². The molecule has 2 aromatic carbocycles. The van der Waals surface area contributed by atoms with Crippen LogP contribution in [-0.2, 0) is 16.0 Å². The van der Waals surface area contributed by atoms with E-state index in [1.807, 2.05) is 12.1 Å². The Bertz CT molecular complexity index is 857. The van der Waals surface area contributed by atoms with Crippen LogP contribution in [0.25, 0.3) is 0 Å². The predicted molar refractivity (Wildman–Crippen MR) is 113 cm³/mol. The van der Waals surface area contributed by atoms with E-state index in [-0.39, 0.29) is 13.0 Å². The van der Waals surface area contributed by atoms with E-state index < -0.39 is 23.8 Å². The monoisotopic (exact) mass is 415 g/mol. The molecule has 1 atom stereocenters. The Kier molecular flexibility index (Phi) is 7.83. The number of nitrogens with zero attached hydrogens (tertiary/aromatic N) is 1. The minimum absolute atomic E-state index is 0.0733. The Morgan fingerprint density at radius 3 is 2.33 bits per heavy atom. The number of benzene rings is 2. The van der Waals surface area contributed by atoms with Crippen molar-refractivity contribution in [3.63, 3.8) is 0 Å². The summed E-state index contributed by atoms with van der Waals surface area (Å²) in [5.41, 5.74) is 0.779. The van der Waals surface area contributed by atoms with Crippen LogP contribution in [0, 0.1) is 0 Å². The molecule has 2 rings (SSSR count). The van der Waals surface area contributed by atoms with Crippen LogP contribution in [0.15, 0.2) is 48.5 Å². The van der Waals surface area contributed by atoms with Crippen molar-refractivity contribution >= 4 is 12.1 Å². The number of carbonyl (C=O) groups is 2. The van der Waals surface area contributed by atoms with Crippen LogP contribution in [0.4, 0.5) is 4.79 Å². The fourth-order valence-corrected chi connectivity index (χ4v) is 2.65. The molecule has 0 heterocycles. The van der Waals surface area contributed by atoms with Crippen molar-refractivity contribution in [2.45, 2.75) is 38.9 Å². The second kappa shape index (κ2) is 10.1. The molecule has 1 N–H and O–H groups in total. The summed E-state index contributed by atoms with van der Waals surface area (Å²) in [5.74, 6) is 0.649. The van der Waals surface area contributed by atoms with Gasteiger partial charge in [-0.1, -0.05) is 24.3 Å². The summed E-state index contributed by atoms with van der Waals surface area (Å²) in [7, 11) is 3.13. The van der Waals surface area contributed by atoms with E-state index in [1.54, 1.807) is 71.3 Å². The van der Waals surface area contributed by atoms with E-state index in [4.69, 9.17) is 14.2 Å². The number of methoxy groups -OCH3 is 1. The Balaban J connectivity index is 1.90. The third-order valence-electron chi connectivity index (χ3n) is 4.13. The van der Waals surface area contributed by atoms with Crippen molar-refractivity contribution < 1.29 is 28.9 Å². The molecule has 0 radical (unpaired) electrons. The largest absolute Gasteiger partial charge is 0.497 e. The van der Waals surface area contributed by atoms with Gasteiger partial charge in [0.1, 0.15) is 17.1 Å². The lowest BCUT2D eigenvalue weighted by molar-refractivity contribution is -0.133. The molecule has 1 unspecified atom stereocenters. The Morgan fingerprint density at radius 2 is 1.73 bits per heavy atom. The first-order valence-electron chi connectivity index (χ1n) is 9.63. The molecule has 0 saturated carbocycles. The second-order valence-electron chi connectivity index (χ2n) is 7.95. The normalized spacial score (nSPS) is 12.1. The molecule has 0 aliphatic rings. The van der Waals surface area contributed by atoms with Crippen LogP contribution in [0.2, 0.25) is 0 Å². The molecule has 0 fully saturated rings. The highest BCUT2D eigenvalue weighted by Crippen LogP contribution is 2.20. The van der Waals surface area contributed by atoms with Gasteiger partial charge in [0.2, 0.25) is 0 Å². The summed E-state index contributed by atoms with van der Waals surface area (Å²) in [6.45, 7) is 5.42. The summed E-state index contributed by atoms with van der Waals surface area (Å²) in [4.78, 5) is 25.5. The van der Waals surface area contributed by atoms with Crippen LogP contribution >= 0.6 is 0 Å². The molecule has 0 spiro atoms. The third-order valence-corrected chi connectivity index (χ3v) is 4.13. The van der Waals surface area contributed by atoms with Gasteiger partial charge in [0.15, 0.2) is 0 Å². The number of likely N-dealkylation sites (N-methyl/N-ethyl adjacent to an activating group) is 1. The first-order valence-corrected chi connectivity index (χ1v) is 9.63. The average Bonchev–Trinajstić information content (AvgIpc) is 2.67. The number of hydrogen-bond acceptors (Lipinski definition) is 6. The molecule has 0 bridgehead atoms. The number of esters is 1. The van der Waals surface area contributed by atoms with Gasteiger partial charge in [0.25, 0.3) is 0 Å². The van der Waals surface area contributed by atoms with E-state index in [0.717, 1.165) is 5.56 Å². The number of carbonyl (C=O) groups excluding carboxylic acids is 2. The van der Waals surface area contributed by atoms with Crippen molar-refractivity contribution in [2.75, 3.05) is 20.7 Å². The lowest BCUT2D eigenvalue weighted by Crippen LogP contribution is -2.36. The summed E-state index contributed by atoms with van der Waals surface area (Å²) in [6, 6.07) is 13.7. The van der Waals surface area contributed by atoms with E-state index in [1.165, 1.54) is 4.90 Å². The van der Waals surface area contributed by atoms with Gasteiger partial charge in [-0.05, 0) is 56.2 Å². The SMILES string of the molecule is COc1cccc(CC(=O)Oc2ccc(C(O)CN(C)C(=O)OC(C)(C)C)cc2)c1. The number of hydrogen-bond donors (Lipinski definition) is 1. The van der Waals surface area contributed by atoms with Gasteiger partial charge in [0, 0.05) is 7.05 Å². The Labute approximate surface area is 177 Å². The quantitative estimate of drug-likeness (QED) is 0.548. The lowest BCUT2D eigenvalue weighted by Gasteiger charge is -2.26. The number of rotatable bonds is 7. The molecule has 30 heavy (non-hydrogen) atoms. The van der Waals surface area contributed by atoms with Crippen molar-refractivity contribution in [3.05, 3.63) is 59.7 Å². The molecule has 0 saturated heterocycles. The zero-order valence-corrected chi connectivity index (χ0v) is 18.0. The minimum Gasteiger partial charge on any atom is -0.497 e. The lowest BCUT2D eigenvalue weighted by atomic mass is 10.1. The number of ether oxygens (including phenoxy) is 3. The highest BCUT2D eigenvalue weighted by Gasteiger charge is 2.22. The standard InChI is InChI=1S/C23H29NO6/c1-23(2,3)30-22(27)24(4)15-20(25)17-9-11-18(12-10-17)29-21(26)14-16-7-6-8-19(13-16)28-5/h6-13,20,25H,14-15H2,1-5H3. The van der Waals surface area contributed by atoms with E-state index in [9.17, 15) is 14.7 Å². The predicted octanol–water partition coefficient (Wildman–Crippen LogP) is 3.74. The van der Waals surface area contributed by atoms with Gasteiger partial charge < -0.3 is 24.2 Å². The summed E-state index contributed by atoms with van der Waals surface area (Å²) in [5, 5.41) is 10.4. The second-order valence-corrected chi connectivity index (χ2v) is 7.95. The fraction of sp³-hybridized carbons (Fsp3) is 0.391. The number of aliphatic hydroxyl groups excluding tert-OH is 1. The van der Waals surface area contributed by atoms with Gasteiger partial charge in [-0.2, -0.15) is 0 Å². The zero-order chi connectivity index (χ0) is 22.3. The first kappa shape index (κ1) is 23.2. The third kappa shape index (κ3) is 7.40. The highest BCUT2D eigenvalue weighted by atomic mass is 16.6. The maximum atomic E-state index is 12.2.